The van der Waals surface area contributed by atoms with Crippen molar-refractivity contribution < 1.29 is 18.7 Å². The maximum absolute atomic E-state index is 14.3. The average molecular weight is 313 g/mol. The molecular weight excluding hydrogens is 292 g/mol. The molecule has 1 saturated carbocycles. The largest absolute Gasteiger partial charge is 0.384 e. The molecule has 122 valence electrons. The van der Waals surface area contributed by atoms with Gasteiger partial charge in [-0.2, -0.15) is 5.10 Å². The minimum absolute atomic E-state index is 0.0771. The van der Waals surface area contributed by atoms with Gasteiger partial charge in [-0.25, -0.2) is 8.78 Å². The number of H-pyrrole nitrogens is 1. The fourth-order valence-electron chi connectivity index (χ4n) is 3.45. The molecule has 0 aliphatic heterocycles. The number of nitrogens with zero attached hydrogens (tertiary/aromatic N) is 1. The molecule has 0 atom stereocenters. The van der Waals surface area contributed by atoms with Gasteiger partial charge in [0.25, 0.3) is 11.8 Å². The van der Waals surface area contributed by atoms with Crippen molar-refractivity contribution in [2.45, 2.75) is 62.9 Å². The van der Waals surface area contributed by atoms with E-state index in [2.05, 4.69) is 15.5 Å². The van der Waals surface area contributed by atoms with Crippen LogP contribution in [0.1, 0.15) is 60.3 Å². The fourth-order valence-corrected chi connectivity index (χ4v) is 3.45. The Bertz CT molecular complexity index is 565. The van der Waals surface area contributed by atoms with E-state index in [1.54, 1.807) is 0 Å². The molecule has 0 unspecified atom stereocenters. The Balaban J connectivity index is 1.64. The summed E-state index contributed by atoms with van der Waals surface area (Å²) < 4.78 is 28.6. The van der Waals surface area contributed by atoms with Crippen LogP contribution in [-0.4, -0.2) is 39.3 Å². The summed E-state index contributed by atoms with van der Waals surface area (Å²) in [6.45, 7) is -0.857. The predicted octanol–water partition coefficient (Wildman–Crippen LogP) is 1.96. The summed E-state index contributed by atoms with van der Waals surface area (Å²) in [5.41, 5.74) is -0.0505. The summed E-state index contributed by atoms with van der Waals surface area (Å²) in [7, 11) is 0. The molecule has 1 amide bonds. The molecule has 1 heterocycles. The number of aromatic nitrogens is 2. The second-order valence-electron chi connectivity index (χ2n) is 6.36. The minimum Gasteiger partial charge on any atom is -0.384 e. The van der Waals surface area contributed by atoms with Crippen LogP contribution in [0, 0.1) is 0 Å². The van der Waals surface area contributed by atoms with E-state index < -0.39 is 24.0 Å². The van der Waals surface area contributed by atoms with Gasteiger partial charge in [0.1, 0.15) is 5.60 Å². The Hall–Kier alpha value is -1.50. The number of aromatic amines is 1. The summed E-state index contributed by atoms with van der Waals surface area (Å²) >= 11 is 0. The fraction of sp³-hybridized carbons (Fsp3) is 0.733. The number of aliphatic hydroxyl groups is 1. The lowest BCUT2D eigenvalue weighted by Crippen LogP contribution is -2.55. The normalized spacial score (nSPS) is 20.7. The van der Waals surface area contributed by atoms with E-state index in [0.29, 0.717) is 12.8 Å². The Kier molecular flexibility index (Phi) is 3.92. The van der Waals surface area contributed by atoms with E-state index >= 15 is 0 Å². The number of amides is 1. The lowest BCUT2D eigenvalue weighted by atomic mass is 9.80. The Morgan fingerprint density at radius 1 is 1.27 bits per heavy atom. The van der Waals surface area contributed by atoms with Crippen molar-refractivity contribution in [3.8, 4) is 0 Å². The van der Waals surface area contributed by atoms with Gasteiger partial charge >= 0.3 is 0 Å². The first kappa shape index (κ1) is 15.4. The first-order valence-corrected chi connectivity index (χ1v) is 7.87. The molecule has 0 spiro atoms. The molecular formula is C15H21F2N3O2. The highest BCUT2D eigenvalue weighted by molar-refractivity contribution is 5.94. The zero-order valence-corrected chi connectivity index (χ0v) is 12.4. The Morgan fingerprint density at radius 2 is 2.00 bits per heavy atom. The molecule has 5 nitrogen and oxygen atoms in total. The van der Waals surface area contributed by atoms with E-state index in [9.17, 15) is 18.7 Å². The van der Waals surface area contributed by atoms with Crippen molar-refractivity contribution in [1.82, 2.24) is 15.5 Å². The zero-order chi connectivity index (χ0) is 15.8. The van der Waals surface area contributed by atoms with Crippen LogP contribution in [0.4, 0.5) is 8.78 Å². The van der Waals surface area contributed by atoms with Crippen molar-refractivity contribution in [2.24, 2.45) is 0 Å². The van der Waals surface area contributed by atoms with Gasteiger partial charge in [0, 0.05) is 11.3 Å². The standard InChI is InChI=1S/C15H21F2N3O2/c16-15(17,14(22)7-2-1-3-8-14)9-18-13(21)12-10-5-4-6-11(10)19-20-12/h22H,1-9H2,(H,18,21)(H,19,20). The molecule has 1 fully saturated rings. The highest BCUT2D eigenvalue weighted by Gasteiger charge is 2.52. The lowest BCUT2D eigenvalue weighted by Gasteiger charge is -2.38. The molecule has 1 aromatic rings. The van der Waals surface area contributed by atoms with Crippen LogP contribution >= 0.6 is 0 Å². The number of halogens is 2. The van der Waals surface area contributed by atoms with E-state index in [4.69, 9.17) is 0 Å². The molecule has 0 aromatic carbocycles. The van der Waals surface area contributed by atoms with Crippen molar-refractivity contribution >= 4 is 5.91 Å². The number of carbonyl (C=O) groups excluding carboxylic acids is 1. The molecule has 7 heteroatoms. The Labute approximate surface area is 127 Å². The Morgan fingerprint density at radius 3 is 2.73 bits per heavy atom. The summed E-state index contributed by atoms with van der Waals surface area (Å²) in [5, 5.41) is 19.1. The van der Waals surface area contributed by atoms with Crippen LogP contribution in [0.2, 0.25) is 0 Å². The SMILES string of the molecule is O=C(NCC(F)(F)C1(O)CCCCC1)c1n[nH]c2c1CCC2. The van der Waals surface area contributed by atoms with E-state index in [1.165, 1.54) is 0 Å². The summed E-state index contributed by atoms with van der Waals surface area (Å²) in [4.78, 5) is 12.1. The van der Waals surface area contributed by atoms with Crippen molar-refractivity contribution in [3.05, 3.63) is 17.0 Å². The van der Waals surface area contributed by atoms with Crippen LogP contribution in [0.3, 0.4) is 0 Å². The minimum atomic E-state index is -3.33. The van der Waals surface area contributed by atoms with Gasteiger partial charge in [0.15, 0.2) is 5.69 Å². The number of carbonyl (C=O) groups is 1. The van der Waals surface area contributed by atoms with Gasteiger partial charge in [-0.1, -0.05) is 19.3 Å². The molecule has 1 aromatic heterocycles. The highest BCUT2D eigenvalue weighted by atomic mass is 19.3. The molecule has 2 aliphatic carbocycles. The molecule has 2 aliphatic rings. The second-order valence-corrected chi connectivity index (χ2v) is 6.36. The average Bonchev–Trinajstić information content (AvgIpc) is 3.08. The van der Waals surface area contributed by atoms with Crippen molar-refractivity contribution in [1.29, 1.82) is 0 Å². The maximum atomic E-state index is 14.3. The van der Waals surface area contributed by atoms with E-state index in [1.807, 2.05) is 0 Å². The van der Waals surface area contributed by atoms with E-state index in [0.717, 1.165) is 36.9 Å². The number of fused-ring (bicyclic) bond motifs is 1. The number of rotatable bonds is 4. The molecule has 0 saturated heterocycles. The number of aryl methyl sites for hydroxylation is 1. The first-order chi connectivity index (χ1) is 10.4. The van der Waals surface area contributed by atoms with E-state index in [-0.39, 0.29) is 18.5 Å². The smallest absolute Gasteiger partial charge is 0.293 e. The van der Waals surface area contributed by atoms with Gasteiger partial charge in [-0.05, 0) is 32.1 Å². The number of alkyl halides is 2. The number of hydrogen-bond acceptors (Lipinski definition) is 3. The zero-order valence-electron chi connectivity index (χ0n) is 12.4. The van der Waals surface area contributed by atoms with Gasteiger partial charge in [0.05, 0.1) is 6.54 Å². The van der Waals surface area contributed by atoms with Crippen LogP contribution in [0.5, 0.6) is 0 Å². The molecule has 3 N–H and O–H groups in total. The monoisotopic (exact) mass is 313 g/mol. The highest BCUT2D eigenvalue weighted by Crippen LogP contribution is 2.40. The van der Waals surface area contributed by atoms with Crippen molar-refractivity contribution in [3.63, 3.8) is 0 Å². The van der Waals surface area contributed by atoms with Gasteiger partial charge in [-0.15, -0.1) is 0 Å². The lowest BCUT2D eigenvalue weighted by molar-refractivity contribution is -0.191. The summed E-state index contributed by atoms with van der Waals surface area (Å²) in [5.74, 6) is -3.93. The summed E-state index contributed by atoms with van der Waals surface area (Å²) in [6, 6.07) is 0. The summed E-state index contributed by atoms with van der Waals surface area (Å²) in [6.07, 6.45) is 4.73. The molecule has 3 rings (SSSR count). The van der Waals surface area contributed by atoms with Crippen LogP contribution in [0.25, 0.3) is 0 Å². The third-order valence-electron chi connectivity index (χ3n) is 4.85. The first-order valence-electron chi connectivity index (χ1n) is 7.87. The van der Waals surface area contributed by atoms with Crippen LogP contribution in [-0.2, 0) is 12.8 Å². The third-order valence-corrected chi connectivity index (χ3v) is 4.85. The van der Waals surface area contributed by atoms with Crippen LogP contribution in [0.15, 0.2) is 0 Å². The molecule has 0 bridgehead atoms. The van der Waals surface area contributed by atoms with Gasteiger partial charge < -0.3 is 10.4 Å². The topological polar surface area (TPSA) is 78.0 Å². The predicted molar refractivity (Wildman–Crippen MR) is 75.9 cm³/mol. The third kappa shape index (κ3) is 2.62. The van der Waals surface area contributed by atoms with Crippen molar-refractivity contribution in [2.75, 3.05) is 6.54 Å². The van der Waals surface area contributed by atoms with Gasteiger partial charge in [0.2, 0.25) is 0 Å². The van der Waals surface area contributed by atoms with Crippen LogP contribution < -0.4 is 5.32 Å². The number of nitrogens with one attached hydrogen (secondary N) is 2. The molecule has 0 radical (unpaired) electrons. The maximum Gasteiger partial charge on any atom is 0.293 e. The van der Waals surface area contributed by atoms with Gasteiger partial charge in [-0.3, -0.25) is 9.89 Å². The quantitative estimate of drug-likeness (QED) is 0.795. The molecule has 22 heavy (non-hydrogen) atoms. The second kappa shape index (κ2) is 5.61. The number of hydrogen-bond donors (Lipinski definition) is 3.